The first-order chi connectivity index (χ1) is 34.4. The molecule has 70 heavy (non-hydrogen) atoms. The van der Waals surface area contributed by atoms with Gasteiger partial charge in [0.25, 0.3) is 0 Å². The topological polar surface area (TPSA) is 131 Å². The predicted octanol–water partition coefficient (Wildman–Crippen LogP) is 19.6. The van der Waals surface area contributed by atoms with Crippen LogP contribution in [0.3, 0.4) is 0 Å². The van der Waals surface area contributed by atoms with Gasteiger partial charge < -0.3 is 21.1 Å². The number of aliphatic hydroxyl groups excluding tert-OH is 1. The molecule has 420 valence electrons. The Balaban J connectivity index is 3.75. The van der Waals surface area contributed by atoms with Gasteiger partial charge >= 0.3 is 7.82 Å². The van der Waals surface area contributed by atoms with Crippen LogP contribution in [-0.2, 0) is 18.4 Å². The van der Waals surface area contributed by atoms with E-state index in [0.717, 1.165) is 38.5 Å². The summed E-state index contributed by atoms with van der Waals surface area (Å²) >= 11 is 0. The number of amides is 1. The molecule has 3 atom stereocenters. The van der Waals surface area contributed by atoms with Gasteiger partial charge in [0.1, 0.15) is 0 Å². The van der Waals surface area contributed by atoms with E-state index in [9.17, 15) is 19.4 Å². The van der Waals surface area contributed by atoms with E-state index in [1.54, 1.807) is 0 Å². The van der Waals surface area contributed by atoms with Gasteiger partial charge in [0, 0.05) is 13.0 Å². The lowest BCUT2D eigenvalue weighted by Crippen LogP contribution is -2.46. The molecule has 0 aliphatic heterocycles. The Bertz CT molecular complexity index is 1070. The molecule has 0 aromatic rings. The Hall–Kier alpha value is -0.500. The summed E-state index contributed by atoms with van der Waals surface area (Å²) in [7, 11) is -4.32. The molecule has 0 bridgehead atoms. The molecule has 5 N–H and O–H groups in total. The summed E-state index contributed by atoms with van der Waals surface area (Å²) in [5.74, 6) is -0.152. The molecule has 0 heterocycles. The van der Waals surface area contributed by atoms with Gasteiger partial charge in [-0.25, -0.2) is 4.57 Å². The van der Waals surface area contributed by atoms with E-state index in [0.29, 0.717) is 12.8 Å². The highest BCUT2D eigenvalue weighted by molar-refractivity contribution is 7.47. The third-order valence-corrected chi connectivity index (χ3v) is 15.9. The molecule has 0 saturated carbocycles. The number of rotatable bonds is 61. The van der Waals surface area contributed by atoms with Gasteiger partial charge in [-0.3, -0.25) is 13.8 Å². The Morgan fingerprint density at radius 1 is 0.414 bits per heavy atom. The molecule has 9 heteroatoms. The third-order valence-electron chi connectivity index (χ3n) is 15.0. The van der Waals surface area contributed by atoms with Crippen LogP contribution in [0.25, 0.3) is 0 Å². The van der Waals surface area contributed by atoms with E-state index in [1.165, 1.54) is 289 Å². The van der Waals surface area contributed by atoms with Crippen LogP contribution >= 0.6 is 7.82 Å². The standard InChI is InChI=1S/C61H125N2O6P/c1-3-5-7-9-11-13-15-17-19-21-22-23-24-25-26-27-28-29-30-31-32-33-34-35-36-37-38-39-41-43-45-47-49-51-53-55-61(65)63-59(58-69-70(66,67)68-57-56-62)60(64)54-52-50-48-46-44-42-40-20-18-16-14-12-10-8-6-4-2/h59-60,64H,3-58,62H2,1-2H3,(H,63,65)(H,66,67)/t59-,60+/m0/s1. The Labute approximate surface area is 437 Å². The number of hydrogen-bond donors (Lipinski definition) is 4. The van der Waals surface area contributed by atoms with Crippen molar-refractivity contribution in [2.45, 2.75) is 366 Å². The van der Waals surface area contributed by atoms with Crippen molar-refractivity contribution in [3.8, 4) is 0 Å². The van der Waals surface area contributed by atoms with Crippen LogP contribution in [0.2, 0.25) is 0 Å². The molecule has 0 rings (SSSR count). The van der Waals surface area contributed by atoms with Crippen LogP contribution in [0.15, 0.2) is 0 Å². The molecule has 0 saturated heterocycles. The van der Waals surface area contributed by atoms with E-state index in [2.05, 4.69) is 19.2 Å². The first-order valence-electron chi connectivity index (χ1n) is 31.7. The molecule has 1 amide bonds. The minimum absolute atomic E-state index is 0.0930. The van der Waals surface area contributed by atoms with Crippen LogP contribution in [-0.4, -0.2) is 47.8 Å². The van der Waals surface area contributed by atoms with Crippen LogP contribution in [0.5, 0.6) is 0 Å². The summed E-state index contributed by atoms with van der Waals surface area (Å²) in [6.07, 6.45) is 69.0. The fraction of sp³-hybridized carbons (Fsp3) is 0.984. The lowest BCUT2D eigenvalue weighted by atomic mass is 10.0. The molecule has 0 aromatic heterocycles. The van der Waals surface area contributed by atoms with Gasteiger partial charge in [-0.1, -0.05) is 335 Å². The highest BCUT2D eigenvalue weighted by atomic mass is 31.2. The summed E-state index contributed by atoms with van der Waals surface area (Å²) in [6.45, 7) is 4.28. The van der Waals surface area contributed by atoms with Gasteiger partial charge in [-0.15, -0.1) is 0 Å². The lowest BCUT2D eigenvalue weighted by molar-refractivity contribution is -0.123. The van der Waals surface area contributed by atoms with Gasteiger partial charge in [0.15, 0.2) is 0 Å². The zero-order valence-corrected chi connectivity index (χ0v) is 48.2. The number of carbonyl (C=O) groups excluding carboxylic acids is 1. The molecular formula is C61H125N2O6P. The van der Waals surface area contributed by atoms with Crippen LogP contribution in [0.1, 0.15) is 354 Å². The number of nitrogens with two attached hydrogens (primary N) is 1. The molecule has 0 spiro atoms. The molecule has 0 aliphatic carbocycles. The van der Waals surface area contributed by atoms with Crippen molar-refractivity contribution in [1.82, 2.24) is 5.32 Å². The Morgan fingerprint density at radius 3 is 0.914 bits per heavy atom. The smallest absolute Gasteiger partial charge is 0.391 e. The minimum Gasteiger partial charge on any atom is -0.391 e. The molecule has 0 aromatic carbocycles. The zero-order chi connectivity index (χ0) is 51.0. The maximum Gasteiger partial charge on any atom is 0.472 e. The number of nitrogens with one attached hydrogen (secondary N) is 1. The fourth-order valence-electron chi connectivity index (χ4n) is 10.2. The summed E-state index contributed by atoms with van der Waals surface area (Å²) < 4.78 is 22.4. The second-order valence-corrected chi connectivity index (χ2v) is 23.4. The van der Waals surface area contributed by atoms with Crippen molar-refractivity contribution in [1.29, 1.82) is 0 Å². The first kappa shape index (κ1) is 69.5. The zero-order valence-electron chi connectivity index (χ0n) is 47.3. The summed E-state index contributed by atoms with van der Waals surface area (Å²) in [4.78, 5) is 22.9. The minimum atomic E-state index is -4.32. The van der Waals surface area contributed by atoms with E-state index in [1.807, 2.05) is 0 Å². The molecular weight excluding hydrogens is 888 g/mol. The number of aliphatic hydroxyl groups is 1. The summed E-state index contributed by atoms with van der Waals surface area (Å²) in [5.41, 5.74) is 5.42. The van der Waals surface area contributed by atoms with Gasteiger partial charge in [-0.2, -0.15) is 0 Å². The van der Waals surface area contributed by atoms with E-state index < -0.39 is 20.0 Å². The second-order valence-electron chi connectivity index (χ2n) is 22.0. The van der Waals surface area contributed by atoms with Crippen molar-refractivity contribution in [3.05, 3.63) is 0 Å². The van der Waals surface area contributed by atoms with Crippen molar-refractivity contribution in [2.75, 3.05) is 19.8 Å². The van der Waals surface area contributed by atoms with Crippen LogP contribution in [0.4, 0.5) is 0 Å². The number of phosphoric acid groups is 1. The molecule has 0 aliphatic rings. The van der Waals surface area contributed by atoms with Crippen LogP contribution in [0, 0.1) is 0 Å². The van der Waals surface area contributed by atoms with Crippen molar-refractivity contribution in [3.63, 3.8) is 0 Å². The molecule has 0 radical (unpaired) electrons. The first-order valence-corrected chi connectivity index (χ1v) is 33.1. The lowest BCUT2D eigenvalue weighted by Gasteiger charge is -2.25. The van der Waals surface area contributed by atoms with E-state index >= 15 is 0 Å². The van der Waals surface area contributed by atoms with E-state index in [-0.39, 0.29) is 25.7 Å². The Morgan fingerprint density at radius 2 is 0.657 bits per heavy atom. The van der Waals surface area contributed by atoms with Crippen molar-refractivity contribution < 1.29 is 28.4 Å². The summed E-state index contributed by atoms with van der Waals surface area (Å²) in [5, 5.41) is 13.9. The molecule has 0 fully saturated rings. The highest BCUT2D eigenvalue weighted by Gasteiger charge is 2.27. The number of phosphoric ester groups is 1. The monoisotopic (exact) mass is 1010 g/mol. The highest BCUT2D eigenvalue weighted by Crippen LogP contribution is 2.43. The predicted molar refractivity (Wildman–Crippen MR) is 305 cm³/mol. The number of hydrogen-bond acceptors (Lipinski definition) is 6. The Kier molecular flexibility index (Phi) is 57.4. The largest absolute Gasteiger partial charge is 0.472 e. The molecule has 1 unspecified atom stereocenters. The maximum absolute atomic E-state index is 12.9. The van der Waals surface area contributed by atoms with Gasteiger partial charge in [-0.05, 0) is 12.8 Å². The summed E-state index contributed by atoms with van der Waals surface area (Å²) in [6, 6.07) is -0.770. The quantitative estimate of drug-likeness (QED) is 0.0352. The second kappa shape index (κ2) is 57.8. The average molecular weight is 1010 g/mol. The average Bonchev–Trinajstić information content (AvgIpc) is 3.35. The third kappa shape index (κ3) is 55.3. The van der Waals surface area contributed by atoms with E-state index in [4.69, 9.17) is 14.8 Å². The maximum atomic E-state index is 12.9. The van der Waals surface area contributed by atoms with Gasteiger partial charge in [0.05, 0.1) is 25.4 Å². The normalized spacial score (nSPS) is 13.5. The molecule has 8 nitrogen and oxygen atoms in total. The number of unbranched alkanes of at least 4 members (excludes halogenated alkanes) is 49. The van der Waals surface area contributed by atoms with Crippen molar-refractivity contribution in [2.24, 2.45) is 5.73 Å². The fourth-order valence-corrected chi connectivity index (χ4v) is 11.0. The number of carbonyl (C=O) groups is 1. The SMILES string of the molecule is CCCCCCCCCCCCCCCCCCCCCCCCCCCCCCCCCCCCCC(=O)N[C@@H](COP(=O)(O)OCCN)[C@H](O)CCCCCCCCCCCCCCCCCC. The van der Waals surface area contributed by atoms with Crippen LogP contribution < -0.4 is 11.1 Å². The van der Waals surface area contributed by atoms with Gasteiger partial charge in [0.2, 0.25) is 5.91 Å². The van der Waals surface area contributed by atoms with Crippen molar-refractivity contribution >= 4 is 13.7 Å².